The van der Waals surface area contributed by atoms with Crippen molar-refractivity contribution in [1.82, 2.24) is 0 Å². The molecule has 5 heteroatoms. The molecule has 0 aliphatic carbocycles. The van der Waals surface area contributed by atoms with Crippen LogP contribution in [0.2, 0.25) is 0 Å². The maximum atomic E-state index is 11.5. The molecule has 0 aliphatic rings. The SMILES string of the molecule is CCCC(=O)O[C@@H](CCCCC(=O)OC)CCOC. The molecule has 0 spiro atoms. The summed E-state index contributed by atoms with van der Waals surface area (Å²) in [5.41, 5.74) is 0. The van der Waals surface area contributed by atoms with Crippen LogP contribution in [0.5, 0.6) is 0 Å². The molecule has 0 aromatic rings. The van der Waals surface area contributed by atoms with Gasteiger partial charge in [-0.15, -0.1) is 0 Å². The minimum atomic E-state index is -0.198. The fraction of sp³-hybridized carbons (Fsp3) is 0.857. The summed E-state index contributed by atoms with van der Waals surface area (Å²) in [6.07, 6.45) is 4.58. The number of hydrogen-bond donors (Lipinski definition) is 0. The van der Waals surface area contributed by atoms with E-state index in [2.05, 4.69) is 4.74 Å². The third-order valence-electron chi connectivity index (χ3n) is 2.78. The highest BCUT2D eigenvalue weighted by Crippen LogP contribution is 2.12. The lowest BCUT2D eigenvalue weighted by molar-refractivity contribution is -0.150. The van der Waals surface area contributed by atoms with Crippen LogP contribution in [0.15, 0.2) is 0 Å². The Morgan fingerprint density at radius 1 is 1.00 bits per heavy atom. The number of hydrogen-bond acceptors (Lipinski definition) is 5. The summed E-state index contributed by atoms with van der Waals surface area (Å²) in [6.45, 7) is 2.52. The first-order valence-corrected chi connectivity index (χ1v) is 6.89. The van der Waals surface area contributed by atoms with Crippen molar-refractivity contribution in [2.75, 3.05) is 20.8 Å². The van der Waals surface area contributed by atoms with E-state index >= 15 is 0 Å². The summed E-state index contributed by atoms with van der Waals surface area (Å²) in [4.78, 5) is 22.4. The summed E-state index contributed by atoms with van der Waals surface area (Å²) in [6, 6.07) is 0. The van der Waals surface area contributed by atoms with Crippen molar-refractivity contribution in [3.63, 3.8) is 0 Å². The van der Waals surface area contributed by atoms with Crippen LogP contribution in [-0.4, -0.2) is 38.9 Å². The average Bonchev–Trinajstić information content (AvgIpc) is 2.40. The van der Waals surface area contributed by atoms with Crippen LogP contribution >= 0.6 is 0 Å². The molecule has 0 saturated heterocycles. The number of rotatable bonds is 11. The van der Waals surface area contributed by atoms with Gasteiger partial charge in [0.15, 0.2) is 0 Å². The van der Waals surface area contributed by atoms with Crippen molar-refractivity contribution < 1.29 is 23.8 Å². The van der Waals surface area contributed by atoms with Gasteiger partial charge < -0.3 is 14.2 Å². The molecule has 112 valence electrons. The van der Waals surface area contributed by atoms with Crippen LogP contribution in [0.4, 0.5) is 0 Å². The van der Waals surface area contributed by atoms with Gasteiger partial charge in [-0.25, -0.2) is 0 Å². The van der Waals surface area contributed by atoms with Crippen molar-refractivity contribution in [3.8, 4) is 0 Å². The Balaban J connectivity index is 3.91. The number of carbonyl (C=O) groups is 2. The van der Waals surface area contributed by atoms with Gasteiger partial charge in [0.05, 0.1) is 7.11 Å². The van der Waals surface area contributed by atoms with Crippen LogP contribution in [0.25, 0.3) is 0 Å². The number of esters is 2. The predicted octanol–water partition coefficient (Wildman–Crippen LogP) is 2.47. The highest BCUT2D eigenvalue weighted by Gasteiger charge is 2.14. The fourth-order valence-corrected chi connectivity index (χ4v) is 1.70. The van der Waals surface area contributed by atoms with E-state index in [1.807, 2.05) is 6.92 Å². The van der Waals surface area contributed by atoms with E-state index in [0.717, 1.165) is 25.7 Å². The van der Waals surface area contributed by atoms with Crippen LogP contribution in [0.3, 0.4) is 0 Å². The van der Waals surface area contributed by atoms with Crippen LogP contribution in [-0.2, 0) is 23.8 Å². The molecule has 0 aromatic carbocycles. The second-order valence-electron chi connectivity index (χ2n) is 4.47. The Hall–Kier alpha value is -1.10. The summed E-state index contributed by atoms with van der Waals surface area (Å²) in [5.74, 6) is -0.354. The first-order valence-electron chi connectivity index (χ1n) is 6.89. The molecule has 0 amide bonds. The quantitative estimate of drug-likeness (QED) is 0.428. The topological polar surface area (TPSA) is 61.8 Å². The monoisotopic (exact) mass is 274 g/mol. The summed E-state index contributed by atoms with van der Waals surface area (Å²) in [5, 5.41) is 0. The molecule has 0 N–H and O–H groups in total. The fourth-order valence-electron chi connectivity index (χ4n) is 1.70. The van der Waals surface area contributed by atoms with E-state index in [-0.39, 0.29) is 18.0 Å². The lowest BCUT2D eigenvalue weighted by Gasteiger charge is -2.17. The molecule has 0 saturated carbocycles. The van der Waals surface area contributed by atoms with Crippen molar-refractivity contribution in [3.05, 3.63) is 0 Å². The number of ether oxygens (including phenoxy) is 3. The van der Waals surface area contributed by atoms with Crippen LogP contribution < -0.4 is 0 Å². The Kier molecular flexibility index (Phi) is 11.3. The predicted molar refractivity (Wildman–Crippen MR) is 71.8 cm³/mol. The lowest BCUT2D eigenvalue weighted by Crippen LogP contribution is -2.20. The van der Waals surface area contributed by atoms with E-state index in [0.29, 0.717) is 25.9 Å². The summed E-state index contributed by atoms with van der Waals surface area (Å²) in [7, 11) is 3.01. The van der Waals surface area contributed by atoms with Gasteiger partial charge in [0, 0.05) is 33.0 Å². The molecule has 0 radical (unpaired) electrons. The van der Waals surface area contributed by atoms with E-state index in [9.17, 15) is 9.59 Å². The van der Waals surface area contributed by atoms with E-state index in [1.165, 1.54) is 7.11 Å². The van der Waals surface area contributed by atoms with Crippen LogP contribution in [0.1, 0.15) is 51.9 Å². The lowest BCUT2D eigenvalue weighted by atomic mass is 10.1. The highest BCUT2D eigenvalue weighted by atomic mass is 16.5. The van der Waals surface area contributed by atoms with Gasteiger partial charge in [-0.2, -0.15) is 0 Å². The van der Waals surface area contributed by atoms with E-state index < -0.39 is 0 Å². The maximum absolute atomic E-state index is 11.5. The summed E-state index contributed by atoms with van der Waals surface area (Å²) >= 11 is 0. The van der Waals surface area contributed by atoms with Crippen molar-refractivity contribution in [1.29, 1.82) is 0 Å². The normalized spacial score (nSPS) is 11.9. The van der Waals surface area contributed by atoms with Gasteiger partial charge in [-0.05, 0) is 25.7 Å². The Morgan fingerprint density at radius 2 is 1.74 bits per heavy atom. The number of carbonyl (C=O) groups excluding carboxylic acids is 2. The average molecular weight is 274 g/mol. The molecule has 0 fully saturated rings. The Labute approximate surface area is 115 Å². The van der Waals surface area contributed by atoms with Gasteiger partial charge in [-0.1, -0.05) is 6.92 Å². The molecule has 0 aromatic heterocycles. The standard InChI is InChI=1S/C14H26O5/c1-4-7-14(16)19-12(10-11-17-2)8-5-6-9-13(15)18-3/h12H,4-11H2,1-3H3/t12-/m0/s1. The molecule has 1 atom stereocenters. The molecule has 0 unspecified atom stereocenters. The number of unbranched alkanes of at least 4 members (excludes halogenated alkanes) is 1. The molecule has 0 rings (SSSR count). The minimum Gasteiger partial charge on any atom is -0.469 e. The third-order valence-corrected chi connectivity index (χ3v) is 2.78. The zero-order chi connectivity index (χ0) is 14.5. The van der Waals surface area contributed by atoms with E-state index in [1.54, 1.807) is 7.11 Å². The first kappa shape index (κ1) is 17.9. The first-order chi connectivity index (χ1) is 9.13. The second-order valence-corrected chi connectivity index (χ2v) is 4.47. The van der Waals surface area contributed by atoms with Gasteiger partial charge in [0.2, 0.25) is 0 Å². The Morgan fingerprint density at radius 3 is 2.32 bits per heavy atom. The van der Waals surface area contributed by atoms with Gasteiger partial charge in [0.25, 0.3) is 0 Å². The van der Waals surface area contributed by atoms with Gasteiger partial charge in [-0.3, -0.25) is 9.59 Å². The molecule has 0 bridgehead atoms. The van der Waals surface area contributed by atoms with Crippen LogP contribution in [0, 0.1) is 0 Å². The third kappa shape index (κ3) is 10.5. The molecule has 19 heavy (non-hydrogen) atoms. The Bertz CT molecular complexity index is 252. The summed E-state index contributed by atoms with van der Waals surface area (Å²) < 4.78 is 15.0. The zero-order valence-electron chi connectivity index (χ0n) is 12.3. The number of methoxy groups -OCH3 is 2. The largest absolute Gasteiger partial charge is 0.469 e. The molecule has 0 aliphatic heterocycles. The van der Waals surface area contributed by atoms with E-state index in [4.69, 9.17) is 9.47 Å². The molecular weight excluding hydrogens is 248 g/mol. The van der Waals surface area contributed by atoms with Crippen molar-refractivity contribution in [2.24, 2.45) is 0 Å². The van der Waals surface area contributed by atoms with Crippen molar-refractivity contribution >= 4 is 11.9 Å². The highest BCUT2D eigenvalue weighted by molar-refractivity contribution is 5.69. The second kappa shape index (κ2) is 12.0. The van der Waals surface area contributed by atoms with Crippen molar-refractivity contribution in [2.45, 2.75) is 58.0 Å². The van der Waals surface area contributed by atoms with Gasteiger partial charge >= 0.3 is 11.9 Å². The molecular formula is C14H26O5. The minimum absolute atomic E-state index is 0.114. The van der Waals surface area contributed by atoms with Gasteiger partial charge in [0.1, 0.15) is 6.10 Å². The molecule has 0 heterocycles. The maximum Gasteiger partial charge on any atom is 0.306 e. The zero-order valence-corrected chi connectivity index (χ0v) is 12.3. The molecule has 5 nitrogen and oxygen atoms in total. The smallest absolute Gasteiger partial charge is 0.306 e.